The number of benzene rings is 1. The first kappa shape index (κ1) is 16.9. The fourth-order valence-corrected chi connectivity index (χ4v) is 3.72. The fourth-order valence-electron chi connectivity index (χ4n) is 3.72. The molecule has 1 amide bonds. The van der Waals surface area contributed by atoms with Crippen molar-refractivity contribution in [2.24, 2.45) is 0 Å². The molecule has 3 rings (SSSR count). The van der Waals surface area contributed by atoms with E-state index in [0.29, 0.717) is 12.5 Å². The van der Waals surface area contributed by atoms with E-state index < -0.39 is 5.54 Å². The number of fused-ring (bicyclic) bond motifs is 1. The third-order valence-corrected chi connectivity index (χ3v) is 5.00. The minimum atomic E-state index is -0.500. The molecule has 24 heavy (non-hydrogen) atoms. The van der Waals surface area contributed by atoms with Crippen LogP contribution in [0.25, 0.3) is 10.8 Å². The van der Waals surface area contributed by atoms with Crippen LogP contribution in [0.15, 0.2) is 30.3 Å². The van der Waals surface area contributed by atoms with Gasteiger partial charge in [0.25, 0.3) is 0 Å². The van der Waals surface area contributed by atoms with Gasteiger partial charge in [0.15, 0.2) is 0 Å². The van der Waals surface area contributed by atoms with Gasteiger partial charge in [0.2, 0.25) is 5.91 Å². The Balaban J connectivity index is 1.83. The van der Waals surface area contributed by atoms with Crippen LogP contribution in [0.1, 0.15) is 44.5 Å². The molecule has 1 aromatic heterocycles. The molecule has 1 saturated heterocycles. The van der Waals surface area contributed by atoms with E-state index in [1.165, 1.54) is 6.42 Å². The highest BCUT2D eigenvalue weighted by Gasteiger charge is 2.29. The van der Waals surface area contributed by atoms with E-state index in [4.69, 9.17) is 4.98 Å². The van der Waals surface area contributed by atoms with Gasteiger partial charge >= 0.3 is 0 Å². The highest BCUT2D eigenvalue weighted by atomic mass is 16.1. The number of pyridine rings is 1. The molecule has 4 nitrogen and oxygen atoms in total. The molecule has 1 atom stereocenters. The summed E-state index contributed by atoms with van der Waals surface area (Å²) in [4.78, 5) is 19.6. The Morgan fingerprint density at radius 3 is 2.83 bits per heavy atom. The van der Waals surface area contributed by atoms with Crippen molar-refractivity contribution < 1.29 is 4.79 Å². The summed E-state index contributed by atoms with van der Waals surface area (Å²) in [6.45, 7) is 7.17. The highest BCUT2D eigenvalue weighted by Crippen LogP contribution is 2.28. The number of amides is 1. The Kier molecular flexibility index (Phi) is 4.59. The lowest BCUT2D eigenvalue weighted by Crippen LogP contribution is -2.44. The first-order valence-corrected chi connectivity index (χ1v) is 8.75. The van der Waals surface area contributed by atoms with Crippen molar-refractivity contribution in [1.82, 2.24) is 15.2 Å². The van der Waals surface area contributed by atoms with Crippen LogP contribution in [0.3, 0.4) is 0 Å². The van der Waals surface area contributed by atoms with Crippen molar-refractivity contribution >= 4 is 16.7 Å². The van der Waals surface area contributed by atoms with Gasteiger partial charge in [-0.2, -0.15) is 0 Å². The highest BCUT2D eigenvalue weighted by molar-refractivity contribution is 5.86. The number of carbonyl (C=O) groups is 1. The standard InChI is InChI=1S/C20H27N3O/c1-14-12-15-8-5-6-10-17(15)19(21-14)20(2,3)22-18(24)13-16-9-7-11-23(16)4/h5-6,8,10,12,16H,7,9,11,13H2,1-4H3,(H,22,24). The lowest BCUT2D eigenvalue weighted by Gasteiger charge is -2.29. The maximum absolute atomic E-state index is 12.6. The summed E-state index contributed by atoms with van der Waals surface area (Å²) in [6, 6.07) is 10.7. The SMILES string of the molecule is Cc1cc2ccccc2c(C(C)(C)NC(=O)CC2CCCN2C)n1. The van der Waals surface area contributed by atoms with E-state index in [9.17, 15) is 4.79 Å². The minimum absolute atomic E-state index is 0.103. The van der Waals surface area contributed by atoms with Crippen LogP contribution in [-0.2, 0) is 10.3 Å². The molecule has 1 aromatic carbocycles. The lowest BCUT2D eigenvalue weighted by molar-refractivity contribution is -0.123. The zero-order chi connectivity index (χ0) is 17.3. The zero-order valence-electron chi connectivity index (χ0n) is 15.1. The monoisotopic (exact) mass is 325 g/mol. The maximum Gasteiger partial charge on any atom is 0.222 e. The van der Waals surface area contributed by atoms with E-state index in [2.05, 4.69) is 35.5 Å². The van der Waals surface area contributed by atoms with Gasteiger partial charge in [-0.25, -0.2) is 0 Å². The number of hydrogen-bond donors (Lipinski definition) is 1. The number of nitrogens with one attached hydrogen (secondary N) is 1. The number of likely N-dealkylation sites (tertiary alicyclic amines) is 1. The van der Waals surface area contributed by atoms with Gasteiger partial charge in [-0.05, 0) is 58.7 Å². The van der Waals surface area contributed by atoms with Gasteiger partial charge in [-0.3, -0.25) is 9.78 Å². The molecule has 2 aromatic rings. The van der Waals surface area contributed by atoms with Crippen LogP contribution in [0.5, 0.6) is 0 Å². The van der Waals surface area contributed by atoms with Crippen molar-refractivity contribution in [2.45, 2.75) is 51.6 Å². The summed E-state index contributed by atoms with van der Waals surface area (Å²) < 4.78 is 0. The number of aromatic nitrogens is 1. The van der Waals surface area contributed by atoms with Crippen molar-refractivity contribution in [3.05, 3.63) is 41.7 Å². The van der Waals surface area contributed by atoms with Gasteiger partial charge in [0, 0.05) is 23.5 Å². The predicted molar refractivity (Wildman–Crippen MR) is 97.9 cm³/mol. The molecule has 0 radical (unpaired) electrons. The Labute approximate surface area is 144 Å². The molecule has 0 spiro atoms. The third-order valence-electron chi connectivity index (χ3n) is 5.00. The van der Waals surface area contributed by atoms with Crippen LogP contribution in [0, 0.1) is 6.92 Å². The van der Waals surface area contributed by atoms with Crippen molar-refractivity contribution in [2.75, 3.05) is 13.6 Å². The molecule has 0 aliphatic carbocycles. The van der Waals surface area contributed by atoms with Crippen molar-refractivity contribution in [3.63, 3.8) is 0 Å². The summed E-state index contributed by atoms with van der Waals surface area (Å²) >= 11 is 0. The molecule has 1 N–H and O–H groups in total. The molecular weight excluding hydrogens is 298 g/mol. The van der Waals surface area contributed by atoms with Crippen molar-refractivity contribution in [1.29, 1.82) is 0 Å². The van der Waals surface area contributed by atoms with E-state index >= 15 is 0 Å². The van der Waals surface area contributed by atoms with Gasteiger partial charge in [0.1, 0.15) is 0 Å². The number of hydrogen-bond acceptors (Lipinski definition) is 3. The Morgan fingerprint density at radius 1 is 1.38 bits per heavy atom. The Hall–Kier alpha value is -1.94. The van der Waals surface area contributed by atoms with Crippen LogP contribution in [0.2, 0.25) is 0 Å². The van der Waals surface area contributed by atoms with Gasteiger partial charge in [0.05, 0.1) is 11.2 Å². The molecule has 4 heteroatoms. The topological polar surface area (TPSA) is 45.2 Å². The van der Waals surface area contributed by atoms with E-state index in [0.717, 1.165) is 35.1 Å². The second-order valence-corrected chi connectivity index (χ2v) is 7.49. The number of aryl methyl sites for hydroxylation is 1. The molecule has 1 unspecified atom stereocenters. The molecule has 2 heterocycles. The summed E-state index contributed by atoms with van der Waals surface area (Å²) in [7, 11) is 2.10. The van der Waals surface area contributed by atoms with E-state index in [-0.39, 0.29) is 5.91 Å². The first-order chi connectivity index (χ1) is 11.4. The Morgan fingerprint density at radius 2 is 2.12 bits per heavy atom. The predicted octanol–water partition coefficient (Wildman–Crippen LogP) is 3.38. The molecule has 1 aliphatic rings. The van der Waals surface area contributed by atoms with E-state index in [1.807, 2.05) is 32.9 Å². The number of nitrogens with zero attached hydrogens (tertiary/aromatic N) is 2. The van der Waals surface area contributed by atoms with E-state index in [1.54, 1.807) is 0 Å². The third kappa shape index (κ3) is 3.44. The van der Waals surface area contributed by atoms with Crippen LogP contribution >= 0.6 is 0 Å². The van der Waals surface area contributed by atoms with Gasteiger partial charge < -0.3 is 10.2 Å². The van der Waals surface area contributed by atoms with Crippen molar-refractivity contribution in [3.8, 4) is 0 Å². The second kappa shape index (κ2) is 6.52. The summed E-state index contributed by atoms with van der Waals surface area (Å²) in [5, 5.41) is 5.48. The smallest absolute Gasteiger partial charge is 0.222 e. The molecule has 1 fully saturated rings. The summed E-state index contributed by atoms with van der Waals surface area (Å²) in [5.74, 6) is 0.103. The number of rotatable bonds is 4. The average Bonchev–Trinajstić information content (AvgIpc) is 2.90. The fraction of sp³-hybridized carbons (Fsp3) is 0.500. The molecule has 0 saturated carbocycles. The second-order valence-electron chi connectivity index (χ2n) is 7.49. The zero-order valence-corrected chi connectivity index (χ0v) is 15.1. The maximum atomic E-state index is 12.6. The normalized spacial score (nSPS) is 18.9. The average molecular weight is 325 g/mol. The van der Waals surface area contributed by atoms with Gasteiger partial charge in [-0.15, -0.1) is 0 Å². The lowest BCUT2D eigenvalue weighted by atomic mass is 9.93. The molecule has 0 bridgehead atoms. The van der Waals surface area contributed by atoms with Crippen LogP contribution in [-0.4, -0.2) is 35.4 Å². The summed E-state index contributed by atoms with van der Waals surface area (Å²) in [6.07, 6.45) is 2.85. The summed E-state index contributed by atoms with van der Waals surface area (Å²) in [5.41, 5.74) is 1.41. The molecular formula is C20H27N3O. The quantitative estimate of drug-likeness (QED) is 0.937. The first-order valence-electron chi connectivity index (χ1n) is 8.75. The van der Waals surface area contributed by atoms with Gasteiger partial charge in [-0.1, -0.05) is 24.3 Å². The molecule has 1 aliphatic heterocycles. The number of carbonyl (C=O) groups excluding carboxylic acids is 1. The largest absolute Gasteiger partial charge is 0.346 e. The van der Waals surface area contributed by atoms with Crippen LogP contribution in [0.4, 0.5) is 0 Å². The van der Waals surface area contributed by atoms with Crippen LogP contribution < -0.4 is 5.32 Å². The molecule has 128 valence electrons. The minimum Gasteiger partial charge on any atom is -0.346 e. The Bertz CT molecular complexity index is 754.